The second kappa shape index (κ2) is 6.42. The molecule has 2 atom stereocenters. The Morgan fingerprint density at radius 3 is 2.44 bits per heavy atom. The van der Waals surface area contributed by atoms with E-state index in [1.807, 2.05) is 7.05 Å². The molecular weight excluding hydrogens is 247 g/mol. The quantitative estimate of drug-likeness (QED) is 0.761. The average molecular weight is 263 g/mol. The smallest absolute Gasteiger partial charge is 0.0970 e. The van der Waals surface area contributed by atoms with Crippen LogP contribution in [-0.2, 0) is 0 Å². The van der Waals surface area contributed by atoms with Crippen molar-refractivity contribution < 1.29 is 5.11 Å². The van der Waals surface area contributed by atoms with Crippen molar-refractivity contribution in [2.75, 3.05) is 13.6 Å². The van der Waals surface area contributed by atoms with Crippen LogP contribution in [0.3, 0.4) is 0 Å². The summed E-state index contributed by atoms with van der Waals surface area (Å²) in [4.78, 5) is 0. The molecule has 0 radical (unpaired) electrons. The van der Waals surface area contributed by atoms with Crippen LogP contribution in [-0.4, -0.2) is 24.7 Å². The van der Waals surface area contributed by atoms with Crippen LogP contribution in [0.2, 0.25) is 10.0 Å². The summed E-state index contributed by atoms with van der Waals surface area (Å²) in [5.74, 6) is 0. The van der Waals surface area contributed by atoms with Crippen LogP contribution in [0.15, 0.2) is 18.2 Å². The molecule has 0 aliphatic carbocycles. The van der Waals surface area contributed by atoms with Crippen LogP contribution < -0.4 is 11.1 Å². The summed E-state index contributed by atoms with van der Waals surface area (Å²) in [5.41, 5.74) is 6.37. The lowest BCUT2D eigenvalue weighted by molar-refractivity contribution is 0.142. The van der Waals surface area contributed by atoms with E-state index >= 15 is 0 Å². The molecule has 0 aliphatic rings. The van der Waals surface area contributed by atoms with Gasteiger partial charge in [0.15, 0.2) is 0 Å². The van der Waals surface area contributed by atoms with E-state index in [1.165, 1.54) is 0 Å². The van der Waals surface area contributed by atoms with E-state index in [4.69, 9.17) is 28.9 Å². The summed E-state index contributed by atoms with van der Waals surface area (Å²) >= 11 is 12.0. The fourth-order valence-corrected chi connectivity index (χ4v) is 2.10. The van der Waals surface area contributed by atoms with E-state index in [9.17, 15) is 5.11 Å². The van der Waals surface area contributed by atoms with Crippen LogP contribution in [0, 0.1) is 0 Å². The highest BCUT2D eigenvalue weighted by molar-refractivity contribution is 6.36. The van der Waals surface area contributed by atoms with Crippen molar-refractivity contribution in [2.24, 2.45) is 5.73 Å². The lowest BCUT2D eigenvalue weighted by Crippen LogP contribution is -2.31. The van der Waals surface area contributed by atoms with Crippen molar-refractivity contribution in [1.29, 1.82) is 0 Å². The molecule has 0 aromatic heterocycles. The van der Waals surface area contributed by atoms with E-state index in [-0.39, 0.29) is 6.04 Å². The topological polar surface area (TPSA) is 58.3 Å². The van der Waals surface area contributed by atoms with Gasteiger partial charge in [0, 0.05) is 21.7 Å². The van der Waals surface area contributed by atoms with E-state index in [0.29, 0.717) is 22.0 Å². The molecule has 1 aromatic rings. The molecule has 0 heterocycles. The van der Waals surface area contributed by atoms with E-state index in [1.54, 1.807) is 18.2 Å². The highest BCUT2D eigenvalue weighted by Gasteiger charge is 2.21. The van der Waals surface area contributed by atoms with Crippen LogP contribution in [0.1, 0.15) is 18.1 Å². The molecule has 3 nitrogen and oxygen atoms in total. The number of rotatable bonds is 5. The van der Waals surface area contributed by atoms with Crippen molar-refractivity contribution in [1.82, 2.24) is 5.32 Å². The number of aliphatic hydroxyl groups is 1. The lowest BCUT2D eigenvalue weighted by atomic mass is 10.0. The highest BCUT2D eigenvalue weighted by Crippen LogP contribution is 2.31. The molecule has 0 aliphatic heterocycles. The number of nitrogens with one attached hydrogen (secondary N) is 1. The monoisotopic (exact) mass is 262 g/mol. The third-order valence-corrected chi connectivity index (χ3v) is 3.09. The number of aliphatic hydroxyl groups excluding tert-OH is 1. The third kappa shape index (κ3) is 3.34. The maximum absolute atomic E-state index is 10.1. The molecule has 0 saturated carbocycles. The second-order valence-corrected chi connectivity index (χ2v) is 4.45. The first kappa shape index (κ1) is 13.7. The number of hydrogen-bond acceptors (Lipinski definition) is 3. The first-order chi connectivity index (χ1) is 7.57. The number of benzene rings is 1. The largest absolute Gasteiger partial charge is 0.387 e. The van der Waals surface area contributed by atoms with Crippen molar-refractivity contribution >= 4 is 23.2 Å². The zero-order valence-corrected chi connectivity index (χ0v) is 10.6. The van der Waals surface area contributed by atoms with Crippen molar-refractivity contribution in [3.8, 4) is 0 Å². The first-order valence-electron chi connectivity index (χ1n) is 5.10. The summed E-state index contributed by atoms with van der Waals surface area (Å²) < 4.78 is 0. The zero-order valence-electron chi connectivity index (χ0n) is 9.08. The molecule has 90 valence electrons. The molecule has 0 fully saturated rings. The van der Waals surface area contributed by atoms with Crippen molar-refractivity contribution in [2.45, 2.75) is 18.6 Å². The summed E-state index contributed by atoms with van der Waals surface area (Å²) in [5, 5.41) is 13.9. The Balaban J connectivity index is 2.82. The minimum Gasteiger partial charge on any atom is -0.387 e. The number of nitrogens with two attached hydrogens (primary N) is 1. The predicted octanol–water partition coefficient (Wildman–Crippen LogP) is 1.96. The maximum atomic E-state index is 10.1. The van der Waals surface area contributed by atoms with E-state index in [2.05, 4.69) is 5.32 Å². The van der Waals surface area contributed by atoms with Gasteiger partial charge in [-0.25, -0.2) is 0 Å². The van der Waals surface area contributed by atoms with Gasteiger partial charge in [0.1, 0.15) is 0 Å². The van der Waals surface area contributed by atoms with Gasteiger partial charge in [-0.3, -0.25) is 0 Å². The zero-order chi connectivity index (χ0) is 12.1. The molecule has 0 amide bonds. The van der Waals surface area contributed by atoms with E-state index in [0.717, 1.165) is 6.54 Å². The average Bonchev–Trinajstić information content (AvgIpc) is 2.25. The standard InChI is InChI=1S/C11H16Cl2N2O/c1-15-6-5-9(14)11(16)10-7(12)3-2-4-8(10)13/h2-4,9,11,15-16H,5-6,14H2,1H3. The summed E-state index contributed by atoms with van der Waals surface area (Å²) in [6, 6.07) is 4.73. The Morgan fingerprint density at radius 1 is 1.38 bits per heavy atom. The van der Waals surface area contributed by atoms with Gasteiger partial charge in [-0.05, 0) is 32.1 Å². The normalized spacial score (nSPS) is 14.8. The van der Waals surface area contributed by atoms with Crippen LogP contribution in [0.5, 0.6) is 0 Å². The van der Waals surface area contributed by atoms with Crippen LogP contribution in [0.25, 0.3) is 0 Å². The summed E-state index contributed by atoms with van der Waals surface area (Å²) in [7, 11) is 1.83. The van der Waals surface area contributed by atoms with Gasteiger partial charge >= 0.3 is 0 Å². The minimum atomic E-state index is -0.838. The van der Waals surface area contributed by atoms with Gasteiger partial charge in [0.25, 0.3) is 0 Å². The minimum absolute atomic E-state index is 0.384. The van der Waals surface area contributed by atoms with Gasteiger partial charge in [0.2, 0.25) is 0 Å². The molecule has 0 saturated heterocycles. The Labute approximate surface area is 106 Å². The Bertz CT molecular complexity index is 327. The van der Waals surface area contributed by atoms with Gasteiger partial charge in [-0.2, -0.15) is 0 Å². The van der Waals surface area contributed by atoms with Gasteiger partial charge < -0.3 is 16.2 Å². The highest BCUT2D eigenvalue weighted by atomic mass is 35.5. The Hall–Kier alpha value is -0.320. The molecule has 4 N–H and O–H groups in total. The predicted molar refractivity (Wildman–Crippen MR) is 67.9 cm³/mol. The third-order valence-electron chi connectivity index (χ3n) is 2.43. The molecular formula is C11H16Cl2N2O. The van der Waals surface area contributed by atoms with Crippen molar-refractivity contribution in [3.05, 3.63) is 33.8 Å². The molecule has 0 bridgehead atoms. The Kier molecular flexibility index (Phi) is 5.52. The fraction of sp³-hybridized carbons (Fsp3) is 0.455. The number of halogens is 2. The molecule has 0 spiro atoms. The molecule has 5 heteroatoms. The molecule has 2 unspecified atom stereocenters. The van der Waals surface area contributed by atoms with Gasteiger partial charge in [-0.15, -0.1) is 0 Å². The molecule has 1 aromatic carbocycles. The van der Waals surface area contributed by atoms with E-state index < -0.39 is 6.10 Å². The van der Waals surface area contributed by atoms with Gasteiger partial charge in [0.05, 0.1) is 6.10 Å². The van der Waals surface area contributed by atoms with Crippen LogP contribution >= 0.6 is 23.2 Å². The summed E-state index contributed by atoms with van der Waals surface area (Å²) in [6.07, 6.45) is -0.186. The SMILES string of the molecule is CNCCC(N)C(O)c1c(Cl)cccc1Cl. The number of hydrogen-bond donors (Lipinski definition) is 3. The maximum Gasteiger partial charge on any atom is 0.0970 e. The van der Waals surface area contributed by atoms with Gasteiger partial charge in [-0.1, -0.05) is 29.3 Å². The molecule has 1 rings (SSSR count). The van der Waals surface area contributed by atoms with Crippen molar-refractivity contribution in [3.63, 3.8) is 0 Å². The summed E-state index contributed by atoms with van der Waals surface area (Å²) in [6.45, 7) is 0.736. The molecule has 16 heavy (non-hydrogen) atoms. The Morgan fingerprint density at radius 2 is 1.94 bits per heavy atom. The second-order valence-electron chi connectivity index (χ2n) is 3.64. The fourth-order valence-electron chi connectivity index (χ4n) is 1.48. The first-order valence-corrected chi connectivity index (χ1v) is 5.85. The van der Waals surface area contributed by atoms with Crippen LogP contribution in [0.4, 0.5) is 0 Å². The lowest BCUT2D eigenvalue weighted by Gasteiger charge is -2.21.